The van der Waals surface area contributed by atoms with E-state index >= 15 is 0 Å². The van der Waals surface area contributed by atoms with Crippen molar-refractivity contribution in [2.45, 2.75) is 5.85 Å². The number of para-hydroxylation sites is 1. The lowest BCUT2D eigenvalue weighted by Crippen LogP contribution is -2.19. The van der Waals surface area contributed by atoms with Gasteiger partial charge in [0.1, 0.15) is 0 Å². The summed E-state index contributed by atoms with van der Waals surface area (Å²) >= 11 is 12.0. The van der Waals surface area contributed by atoms with Crippen LogP contribution in [0.3, 0.4) is 0 Å². The van der Waals surface area contributed by atoms with E-state index in [1.165, 1.54) is 50.2 Å². The zero-order valence-corrected chi connectivity index (χ0v) is 16.4. The fraction of sp³-hybridized carbons (Fsp3) is 0.235. The number of carbonyl (C=O) groups excluding carboxylic acids is 1. The lowest BCUT2D eigenvalue weighted by Gasteiger charge is -2.24. The minimum absolute atomic E-state index is 0.100. The molecule has 0 aliphatic heterocycles. The van der Waals surface area contributed by atoms with E-state index in [0.717, 1.165) is 0 Å². The summed E-state index contributed by atoms with van der Waals surface area (Å²) < 4.78 is 41.6. The molecule has 0 fully saturated rings. The maximum absolute atomic E-state index is 13.5. The Bertz CT molecular complexity index is 846. The first-order valence-electron chi connectivity index (χ1n) is 7.39. The van der Waals surface area contributed by atoms with Crippen molar-refractivity contribution >= 4 is 36.5 Å². The summed E-state index contributed by atoms with van der Waals surface area (Å²) in [5.41, 5.74) is 0.281. The molecule has 0 aliphatic rings. The van der Waals surface area contributed by atoms with Crippen molar-refractivity contribution in [2.24, 2.45) is 0 Å². The molecule has 2 aromatic carbocycles. The van der Waals surface area contributed by atoms with Crippen LogP contribution in [0.5, 0.6) is 5.75 Å². The maximum Gasteiger partial charge on any atom is 0.345 e. The number of halogens is 3. The van der Waals surface area contributed by atoms with E-state index in [4.69, 9.17) is 37.2 Å². The van der Waals surface area contributed by atoms with Crippen LogP contribution >= 0.6 is 30.6 Å². The topological polar surface area (TPSA) is 61.8 Å². The molecule has 0 radical (unpaired) electrons. The lowest BCUT2D eigenvalue weighted by molar-refractivity contribution is -0.148. The van der Waals surface area contributed by atoms with Crippen LogP contribution in [0.25, 0.3) is 0 Å². The lowest BCUT2D eigenvalue weighted by atomic mass is 10.2. The summed E-state index contributed by atoms with van der Waals surface area (Å²) in [4.78, 5) is 12.1. The van der Waals surface area contributed by atoms with Crippen molar-refractivity contribution in [3.05, 3.63) is 63.9 Å². The Morgan fingerprint density at radius 3 is 2.54 bits per heavy atom. The van der Waals surface area contributed by atoms with Crippen LogP contribution < -0.4 is 4.74 Å². The molecule has 2 unspecified atom stereocenters. The van der Waals surface area contributed by atoms with Crippen molar-refractivity contribution < 1.29 is 27.7 Å². The molecule has 0 amide bonds. The van der Waals surface area contributed by atoms with E-state index in [1.54, 1.807) is 6.07 Å². The molecule has 5 nitrogen and oxygen atoms in total. The standard InChI is InChI=1S/C17H16Cl2FO5P/c1-23-26(2,22)17(12-8-7-11(18)9-13(12)19)25-16(21)10-24-15-6-4-3-5-14(15)20/h3-9,17H,10H2,1-2H3. The highest BCUT2D eigenvalue weighted by molar-refractivity contribution is 7.58. The second-order valence-electron chi connectivity index (χ2n) is 5.32. The molecule has 0 heterocycles. The third-order valence-electron chi connectivity index (χ3n) is 3.44. The van der Waals surface area contributed by atoms with Gasteiger partial charge < -0.3 is 14.0 Å². The highest BCUT2D eigenvalue weighted by atomic mass is 35.5. The molecule has 0 saturated heterocycles. The summed E-state index contributed by atoms with van der Waals surface area (Å²) in [6.07, 6.45) is 0. The third-order valence-corrected chi connectivity index (χ3v) is 5.97. The molecule has 2 atom stereocenters. The first-order chi connectivity index (χ1) is 12.2. The van der Waals surface area contributed by atoms with Gasteiger partial charge in [0, 0.05) is 29.4 Å². The Morgan fingerprint density at radius 2 is 1.92 bits per heavy atom. The first kappa shape index (κ1) is 20.7. The molecule has 0 saturated carbocycles. The van der Waals surface area contributed by atoms with Gasteiger partial charge in [0.25, 0.3) is 0 Å². The van der Waals surface area contributed by atoms with Crippen LogP contribution in [-0.4, -0.2) is 26.4 Å². The molecule has 0 aromatic heterocycles. The number of rotatable bonds is 7. The maximum atomic E-state index is 13.5. The zero-order chi connectivity index (χ0) is 19.3. The fourth-order valence-corrected chi connectivity index (χ4v) is 3.88. The van der Waals surface area contributed by atoms with Gasteiger partial charge in [-0.15, -0.1) is 0 Å². The molecule has 26 heavy (non-hydrogen) atoms. The van der Waals surface area contributed by atoms with E-state index in [9.17, 15) is 13.8 Å². The van der Waals surface area contributed by atoms with E-state index in [-0.39, 0.29) is 16.3 Å². The van der Waals surface area contributed by atoms with Crippen molar-refractivity contribution in [2.75, 3.05) is 20.4 Å². The van der Waals surface area contributed by atoms with E-state index in [1.807, 2.05) is 0 Å². The number of esters is 1. The molecular formula is C17H16Cl2FO5P. The first-order valence-corrected chi connectivity index (χ1v) is 10.3. The van der Waals surface area contributed by atoms with Gasteiger partial charge in [0.05, 0.1) is 0 Å². The molecule has 2 aromatic rings. The van der Waals surface area contributed by atoms with Crippen molar-refractivity contribution in [1.82, 2.24) is 0 Å². The predicted molar refractivity (Wildman–Crippen MR) is 97.7 cm³/mol. The van der Waals surface area contributed by atoms with E-state index < -0.39 is 31.6 Å². The van der Waals surface area contributed by atoms with Gasteiger partial charge in [0.15, 0.2) is 18.2 Å². The summed E-state index contributed by atoms with van der Waals surface area (Å²) in [5, 5.41) is 0.541. The number of benzene rings is 2. The van der Waals surface area contributed by atoms with Crippen LogP contribution in [0, 0.1) is 5.82 Å². The Morgan fingerprint density at radius 1 is 1.23 bits per heavy atom. The Kier molecular flexibility index (Phi) is 7.07. The van der Waals surface area contributed by atoms with Crippen molar-refractivity contribution in [3.8, 4) is 5.75 Å². The SMILES string of the molecule is COP(C)(=O)C(OC(=O)COc1ccccc1F)c1ccc(Cl)cc1Cl. The van der Waals surface area contributed by atoms with Gasteiger partial charge in [0.2, 0.25) is 13.2 Å². The van der Waals surface area contributed by atoms with Gasteiger partial charge in [-0.05, 0) is 24.3 Å². The van der Waals surface area contributed by atoms with E-state index in [2.05, 4.69) is 0 Å². The number of carbonyl (C=O) groups is 1. The van der Waals surface area contributed by atoms with Crippen LogP contribution in [0.1, 0.15) is 11.4 Å². The molecule has 0 aliphatic carbocycles. The second kappa shape index (κ2) is 8.87. The van der Waals surface area contributed by atoms with Crippen LogP contribution in [0.4, 0.5) is 4.39 Å². The minimum atomic E-state index is -3.41. The van der Waals surface area contributed by atoms with Gasteiger partial charge in [-0.3, -0.25) is 4.57 Å². The fourth-order valence-electron chi connectivity index (χ4n) is 2.07. The molecule has 0 bridgehead atoms. The molecule has 0 spiro atoms. The zero-order valence-electron chi connectivity index (χ0n) is 13.9. The monoisotopic (exact) mass is 420 g/mol. The second-order valence-corrected chi connectivity index (χ2v) is 8.81. The third kappa shape index (κ3) is 5.21. The van der Waals surface area contributed by atoms with E-state index in [0.29, 0.717) is 5.02 Å². The summed E-state index contributed by atoms with van der Waals surface area (Å²) in [6, 6.07) is 10.1. The summed E-state index contributed by atoms with van der Waals surface area (Å²) in [6.45, 7) is 0.736. The molecule has 140 valence electrons. The number of ether oxygens (including phenoxy) is 2. The van der Waals surface area contributed by atoms with Gasteiger partial charge in [-0.2, -0.15) is 0 Å². The summed E-state index contributed by atoms with van der Waals surface area (Å²) in [7, 11) is -2.17. The predicted octanol–water partition coefficient (Wildman–Crippen LogP) is 5.31. The molecule has 0 N–H and O–H groups in total. The Hall–Kier alpha value is -1.59. The van der Waals surface area contributed by atoms with Crippen LogP contribution in [0.15, 0.2) is 42.5 Å². The molecule has 2 rings (SSSR count). The average molecular weight is 421 g/mol. The highest BCUT2D eigenvalue weighted by Crippen LogP contribution is 2.58. The largest absolute Gasteiger partial charge is 0.479 e. The van der Waals surface area contributed by atoms with Crippen LogP contribution in [0.2, 0.25) is 10.0 Å². The Balaban J connectivity index is 2.18. The van der Waals surface area contributed by atoms with Gasteiger partial charge >= 0.3 is 5.97 Å². The Labute approximate surface area is 160 Å². The minimum Gasteiger partial charge on any atom is -0.479 e. The highest BCUT2D eigenvalue weighted by Gasteiger charge is 2.35. The normalized spacial score (nSPS) is 14.3. The van der Waals surface area contributed by atoms with Crippen LogP contribution in [-0.2, 0) is 18.6 Å². The van der Waals surface area contributed by atoms with Gasteiger partial charge in [-0.25, -0.2) is 9.18 Å². The average Bonchev–Trinajstić information content (AvgIpc) is 2.59. The number of hydrogen-bond acceptors (Lipinski definition) is 5. The quantitative estimate of drug-likeness (QED) is 0.448. The van der Waals surface area contributed by atoms with Crippen molar-refractivity contribution in [3.63, 3.8) is 0 Å². The molecule has 9 heteroatoms. The van der Waals surface area contributed by atoms with Gasteiger partial charge in [-0.1, -0.05) is 41.4 Å². The number of hydrogen-bond donors (Lipinski definition) is 0. The summed E-state index contributed by atoms with van der Waals surface area (Å²) in [5.74, 6) is -2.83. The van der Waals surface area contributed by atoms with Crippen molar-refractivity contribution in [1.29, 1.82) is 0 Å². The smallest absolute Gasteiger partial charge is 0.345 e. The molecular weight excluding hydrogens is 405 g/mol.